The topological polar surface area (TPSA) is 71.4 Å². The summed E-state index contributed by atoms with van der Waals surface area (Å²) in [6, 6.07) is 4.80. The van der Waals surface area contributed by atoms with E-state index in [9.17, 15) is 14.4 Å². The maximum absolute atomic E-state index is 12.2. The zero-order valence-electron chi connectivity index (χ0n) is 9.56. The minimum absolute atomic E-state index is 0.0431. The van der Waals surface area contributed by atoms with Gasteiger partial charge in [0.2, 0.25) is 0 Å². The number of carboxylic acids is 1. The Balaban J connectivity index is 2.64. The summed E-state index contributed by atoms with van der Waals surface area (Å²) in [6.07, 6.45) is -0.446. The lowest BCUT2D eigenvalue weighted by Crippen LogP contribution is -2.23. The number of allylic oxidation sites excluding steroid dienone is 1. The highest BCUT2D eigenvalue weighted by Crippen LogP contribution is 2.31. The predicted molar refractivity (Wildman–Crippen MR) is 67.3 cm³/mol. The molecule has 0 atom stereocenters. The van der Waals surface area contributed by atoms with E-state index in [-0.39, 0.29) is 22.5 Å². The molecule has 1 aliphatic rings. The summed E-state index contributed by atoms with van der Waals surface area (Å²) in [5.74, 6) is -1.86. The van der Waals surface area contributed by atoms with Gasteiger partial charge in [-0.2, -0.15) is 0 Å². The van der Waals surface area contributed by atoms with Crippen molar-refractivity contribution < 1.29 is 19.5 Å². The molecule has 0 fully saturated rings. The van der Waals surface area contributed by atoms with Crippen LogP contribution in [0.3, 0.4) is 0 Å². The van der Waals surface area contributed by atoms with Gasteiger partial charge in [0.1, 0.15) is 0 Å². The maximum atomic E-state index is 12.2. The van der Waals surface area contributed by atoms with Gasteiger partial charge in [0.25, 0.3) is 0 Å². The molecule has 0 radical (unpaired) electrons. The molecule has 18 heavy (non-hydrogen) atoms. The van der Waals surface area contributed by atoms with E-state index in [2.05, 4.69) is 12.6 Å². The van der Waals surface area contributed by atoms with Crippen LogP contribution in [0.1, 0.15) is 34.1 Å². The van der Waals surface area contributed by atoms with Crippen LogP contribution in [0.5, 0.6) is 0 Å². The van der Waals surface area contributed by atoms with Crippen molar-refractivity contribution in [3.05, 3.63) is 40.5 Å². The van der Waals surface area contributed by atoms with Gasteiger partial charge in [-0.25, -0.2) is 0 Å². The zero-order chi connectivity index (χ0) is 13.4. The van der Waals surface area contributed by atoms with Crippen molar-refractivity contribution in [2.45, 2.75) is 18.2 Å². The lowest BCUT2D eigenvalue weighted by molar-refractivity contribution is -0.136. The van der Waals surface area contributed by atoms with E-state index < -0.39 is 18.2 Å². The maximum Gasteiger partial charge on any atom is 0.307 e. The summed E-state index contributed by atoms with van der Waals surface area (Å²) in [5, 5.41) is 8.79. The fraction of sp³-hybridized carbons (Fsp3) is 0.154. The van der Waals surface area contributed by atoms with Crippen LogP contribution in [0, 0.1) is 0 Å². The van der Waals surface area contributed by atoms with Crippen molar-refractivity contribution >= 4 is 30.2 Å². The summed E-state index contributed by atoms with van der Waals surface area (Å²) >= 11 is 4.15. The van der Waals surface area contributed by atoms with Crippen LogP contribution in [0.15, 0.2) is 34.2 Å². The first-order chi connectivity index (χ1) is 8.43. The Bertz CT molecular complexity index is 613. The minimum Gasteiger partial charge on any atom is -0.481 e. The lowest BCUT2D eigenvalue weighted by atomic mass is 9.83. The molecule has 0 saturated heterocycles. The predicted octanol–water partition coefficient (Wildman–Crippen LogP) is 2.15. The van der Waals surface area contributed by atoms with E-state index in [1.165, 1.54) is 6.92 Å². The van der Waals surface area contributed by atoms with Gasteiger partial charge in [-0.15, -0.1) is 12.6 Å². The molecule has 0 amide bonds. The number of ketones is 2. The van der Waals surface area contributed by atoms with Crippen LogP contribution in [-0.2, 0) is 4.79 Å². The zero-order valence-corrected chi connectivity index (χ0v) is 10.5. The van der Waals surface area contributed by atoms with Crippen LogP contribution >= 0.6 is 12.6 Å². The van der Waals surface area contributed by atoms with Crippen molar-refractivity contribution in [2.24, 2.45) is 0 Å². The summed E-state index contributed by atoms with van der Waals surface area (Å²) in [5.41, 5.74) is 0.738. The number of hydrogen-bond acceptors (Lipinski definition) is 4. The molecule has 0 saturated carbocycles. The van der Waals surface area contributed by atoms with Crippen LogP contribution in [0.2, 0.25) is 0 Å². The third kappa shape index (κ3) is 1.86. The van der Waals surface area contributed by atoms with Gasteiger partial charge in [0, 0.05) is 27.2 Å². The van der Waals surface area contributed by atoms with E-state index in [1.54, 1.807) is 18.2 Å². The summed E-state index contributed by atoms with van der Waals surface area (Å²) in [7, 11) is 0. The molecule has 0 aromatic heterocycles. The number of carboxylic acid groups (broad SMARTS) is 1. The number of benzene rings is 1. The smallest absolute Gasteiger partial charge is 0.307 e. The number of rotatable bonds is 2. The second-order valence-electron chi connectivity index (χ2n) is 4.03. The summed E-state index contributed by atoms with van der Waals surface area (Å²) < 4.78 is 0. The largest absolute Gasteiger partial charge is 0.481 e. The van der Waals surface area contributed by atoms with E-state index in [0.29, 0.717) is 10.5 Å². The molecule has 0 heterocycles. The number of fused-ring (bicyclic) bond motifs is 1. The quantitative estimate of drug-likeness (QED) is 0.801. The van der Waals surface area contributed by atoms with Gasteiger partial charge in [-0.1, -0.05) is 12.1 Å². The van der Waals surface area contributed by atoms with Crippen LogP contribution in [0.4, 0.5) is 0 Å². The van der Waals surface area contributed by atoms with Crippen LogP contribution < -0.4 is 0 Å². The molecule has 0 bridgehead atoms. The second-order valence-corrected chi connectivity index (χ2v) is 4.51. The molecular weight excluding hydrogens is 252 g/mol. The van der Waals surface area contributed by atoms with Crippen LogP contribution in [-0.4, -0.2) is 22.6 Å². The molecule has 4 nitrogen and oxygen atoms in total. The Morgan fingerprint density at radius 2 is 1.94 bits per heavy atom. The molecule has 1 aromatic carbocycles. The molecule has 92 valence electrons. The van der Waals surface area contributed by atoms with Crippen molar-refractivity contribution in [3.8, 4) is 0 Å². The Kier molecular flexibility index (Phi) is 3.09. The normalized spacial score (nSPS) is 14.8. The van der Waals surface area contributed by atoms with Gasteiger partial charge >= 0.3 is 5.97 Å². The molecule has 0 spiro atoms. The molecule has 2 rings (SSSR count). The lowest BCUT2D eigenvalue weighted by Gasteiger charge is -2.19. The minimum atomic E-state index is -1.13. The fourth-order valence-corrected chi connectivity index (χ4v) is 2.30. The third-order valence-corrected chi connectivity index (χ3v) is 3.28. The standard InChI is InChI=1S/C13H10O4S/c1-6-8(5-10(14)15)13(17)11-7(12(6)16)3-2-4-9(11)18/h2-4,18H,5H2,1H3,(H,14,15). The fourth-order valence-electron chi connectivity index (χ4n) is 1.99. The number of aliphatic carboxylic acids is 1. The highest BCUT2D eigenvalue weighted by Gasteiger charge is 2.31. The number of carbonyl (C=O) groups excluding carboxylic acids is 2. The molecule has 1 aromatic rings. The van der Waals surface area contributed by atoms with Gasteiger partial charge in [0.05, 0.1) is 6.42 Å². The molecule has 1 aliphatic carbocycles. The number of carbonyl (C=O) groups is 3. The number of Topliss-reactive ketones (excluding diaryl/α,β-unsaturated/α-hetero) is 2. The van der Waals surface area contributed by atoms with Gasteiger partial charge in [-0.05, 0) is 13.0 Å². The average molecular weight is 262 g/mol. The monoisotopic (exact) mass is 262 g/mol. The highest BCUT2D eigenvalue weighted by atomic mass is 32.1. The SMILES string of the molecule is CC1=C(CC(=O)O)C(=O)c2c(S)cccc2C1=O. The van der Waals surface area contributed by atoms with Crippen molar-refractivity contribution in [2.75, 3.05) is 0 Å². The first kappa shape index (κ1) is 12.6. The Morgan fingerprint density at radius 3 is 2.56 bits per heavy atom. The average Bonchev–Trinajstić information content (AvgIpc) is 2.31. The van der Waals surface area contributed by atoms with Gasteiger partial charge in [0.15, 0.2) is 11.6 Å². The molecule has 1 N–H and O–H groups in total. The van der Waals surface area contributed by atoms with Crippen LogP contribution in [0.25, 0.3) is 0 Å². The van der Waals surface area contributed by atoms with Gasteiger partial charge < -0.3 is 5.11 Å². The van der Waals surface area contributed by atoms with E-state index >= 15 is 0 Å². The second kappa shape index (κ2) is 4.42. The third-order valence-electron chi connectivity index (χ3n) is 2.91. The number of hydrogen-bond donors (Lipinski definition) is 2. The van der Waals surface area contributed by atoms with E-state index in [0.717, 1.165) is 0 Å². The Labute approximate surface area is 109 Å². The Morgan fingerprint density at radius 1 is 1.28 bits per heavy atom. The summed E-state index contributed by atoms with van der Waals surface area (Å²) in [4.78, 5) is 35.4. The van der Waals surface area contributed by atoms with Crippen molar-refractivity contribution in [1.29, 1.82) is 0 Å². The van der Waals surface area contributed by atoms with Crippen molar-refractivity contribution in [3.63, 3.8) is 0 Å². The van der Waals surface area contributed by atoms with E-state index in [1.807, 2.05) is 0 Å². The Hall–Kier alpha value is -1.88. The highest BCUT2D eigenvalue weighted by molar-refractivity contribution is 7.80. The molecule has 5 heteroatoms. The van der Waals surface area contributed by atoms with E-state index in [4.69, 9.17) is 5.11 Å². The first-order valence-corrected chi connectivity index (χ1v) is 5.71. The molecular formula is C13H10O4S. The number of thiol groups is 1. The first-order valence-electron chi connectivity index (χ1n) is 5.26. The van der Waals surface area contributed by atoms with Crippen molar-refractivity contribution in [1.82, 2.24) is 0 Å². The molecule has 0 unspecified atom stereocenters. The summed E-state index contributed by atoms with van der Waals surface area (Å²) in [6.45, 7) is 1.48. The molecule has 0 aliphatic heterocycles. The van der Waals surface area contributed by atoms with Gasteiger partial charge in [-0.3, -0.25) is 14.4 Å².